The first kappa shape index (κ1) is 27.8. The second-order valence-corrected chi connectivity index (χ2v) is 18.5. The number of ether oxygens (including phenoxy) is 1. The summed E-state index contributed by atoms with van der Waals surface area (Å²) in [5.74, 6) is 0.296. The molecule has 0 saturated carbocycles. The molecule has 6 heteroatoms. The van der Waals surface area contributed by atoms with Crippen molar-refractivity contribution in [3.05, 3.63) is 272 Å². The van der Waals surface area contributed by atoms with E-state index in [9.17, 15) is 12.3 Å². The van der Waals surface area contributed by atoms with Crippen molar-refractivity contribution in [3.63, 3.8) is 0 Å². The van der Waals surface area contributed by atoms with Crippen molar-refractivity contribution < 1.29 is 66.0 Å². The van der Waals surface area contributed by atoms with E-state index >= 15 is 0 Å². The van der Waals surface area contributed by atoms with Gasteiger partial charge in [-0.15, -0.1) is 29.7 Å². The van der Waals surface area contributed by atoms with Crippen LogP contribution in [0, 0.1) is 25.3 Å². The molecule has 10 aromatic carbocycles. The molecule has 5 nitrogen and oxygen atoms in total. The Balaban J connectivity index is 0.00001000. The third-order valence-corrected chi connectivity index (χ3v) is 12.7. The van der Waals surface area contributed by atoms with Gasteiger partial charge in [0, 0.05) is 54.0 Å². The maximum Gasteiger partial charge on any atom is 0.268 e. The van der Waals surface area contributed by atoms with E-state index in [4.69, 9.17) is 28.0 Å². The summed E-state index contributed by atoms with van der Waals surface area (Å²) in [6.07, 6.45) is 4.53. The number of hydrogen-bond donors (Lipinski definition) is 0. The van der Waals surface area contributed by atoms with E-state index in [1.807, 2.05) is 12.1 Å². The van der Waals surface area contributed by atoms with Gasteiger partial charge in [0.25, 0.3) is 6.33 Å². The van der Waals surface area contributed by atoms with Gasteiger partial charge in [-0.2, -0.15) is 18.2 Å². The molecule has 3 heterocycles. The molecule has 0 aliphatic rings. The van der Waals surface area contributed by atoms with Crippen molar-refractivity contribution >= 4 is 32.8 Å². The Hall–Kier alpha value is -8.89. The summed E-state index contributed by atoms with van der Waals surface area (Å²) in [7, 11) is 0. The molecule has 0 unspecified atom stereocenters. The van der Waals surface area contributed by atoms with Crippen LogP contribution in [0.2, 0.25) is 0 Å². The second kappa shape index (κ2) is 20.3. The van der Waals surface area contributed by atoms with E-state index in [1.54, 1.807) is 109 Å². The fraction of sp³-hybridized carbons (Fsp3) is 0.0704. The summed E-state index contributed by atoms with van der Waals surface area (Å²) in [6, 6.07) is 15.2. The van der Waals surface area contributed by atoms with E-state index in [-0.39, 0.29) is 88.7 Å². The summed E-state index contributed by atoms with van der Waals surface area (Å²) < 4.78 is 244. The molecule has 0 fully saturated rings. The first-order chi connectivity index (χ1) is 48.0. The SMILES string of the molecule is [2H]c1c([2H])c([2H])c(-c2cnc(-n3c4[c-]c(Oc5[c-]c(-n6[c-][n+](-c7c(-c8c([2H])c([2H])c([2H])c([2H])c8[2H])cc(C(C)(C)C)cc7-c7c([2H])c(-c8c([2H])c([2H])c([2H])c([2H])c8[2H])c([2H])c(-c8c([2H])c([2H])c([2H])c([2H])c8[2H])c7[2H])c7ccccc76)ccc5)ccc4c4ccccc43)cc2C([2H])([2H])[2H])c([2H])c1[2H].[Pt]. The zero-order chi connectivity index (χ0) is 73.8. The first-order valence-electron chi connectivity index (χ1n) is 36.7. The van der Waals surface area contributed by atoms with Crippen LogP contribution in [-0.2, 0) is 26.5 Å². The minimum atomic E-state index is -2.89. The molecule has 0 N–H and O–H groups in total. The van der Waals surface area contributed by atoms with Gasteiger partial charge < -0.3 is 13.9 Å². The van der Waals surface area contributed by atoms with Gasteiger partial charge in [-0.3, -0.25) is 4.57 Å². The molecule has 0 bridgehead atoms. The Morgan fingerprint density at radius 2 is 1.12 bits per heavy atom. The second-order valence-electron chi connectivity index (χ2n) is 18.5. The molecule has 13 rings (SSSR count). The van der Waals surface area contributed by atoms with Crippen molar-refractivity contribution in [1.82, 2.24) is 14.1 Å². The van der Waals surface area contributed by atoms with Crippen LogP contribution in [0.5, 0.6) is 11.5 Å². The average molecular weight is 1200 g/mol. The van der Waals surface area contributed by atoms with Gasteiger partial charge in [0.05, 0.1) is 48.2 Å². The number of aryl methyl sites for hydroxylation is 1. The number of fused-ring (bicyclic) bond motifs is 4. The van der Waals surface area contributed by atoms with Gasteiger partial charge in [0.2, 0.25) is 0 Å². The summed E-state index contributed by atoms with van der Waals surface area (Å²) >= 11 is 0. The number of hydrogen-bond acceptors (Lipinski definition) is 2. The molecular weight excluding hydrogens is 1120 g/mol. The van der Waals surface area contributed by atoms with Crippen molar-refractivity contribution in [3.8, 4) is 84.3 Å². The van der Waals surface area contributed by atoms with Crippen LogP contribution in [0.1, 0.15) is 67.5 Å². The fourth-order valence-electron chi connectivity index (χ4n) is 9.15. The predicted octanol–water partition coefficient (Wildman–Crippen LogP) is 17.5. The van der Waals surface area contributed by atoms with E-state index in [1.165, 1.54) is 16.8 Å². The molecule has 374 valence electrons. The van der Waals surface area contributed by atoms with Crippen molar-refractivity contribution in [2.45, 2.75) is 33.0 Å². The predicted molar refractivity (Wildman–Crippen MR) is 311 cm³/mol. The van der Waals surface area contributed by atoms with Crippen LogP contribution < -0.4 is 9.30 Å². The molecule has 0 radical (unpaired) electrons. The minimum absolute atomic E-state index is 0. The maximum atomic E-state index is 10.3. The number of rotatable bonds is 10. The van der Waals surface area contributed by atoms with Gasteiger partial charge in [0.15, 0.2) is 0 Å². The Kier molecular flexibility index (Phi) is 7.33. The molecular formula is C71H52N4OPt-2. The van der Waals surface area contributed by atoms with Crippen molar-refractivity contribution in [2.75, 3.05) is 0 Å². The summed E-state index contributed by atoms with van der Waals surface area (Å²) in [4.78, 5) is 4.67. The van der Waals surface area contributed by atoms with Crippen LogP contribution in [0.15, 0.2) is 242 Å². The van der Waals surface area contributed by atoms with Gasteiger partial charge in [0.1, 0.15) is 5.82 Å². The quantitative estimate of drug-likeness (QED) is 0.101. The monoisotopic (exact) mass is 1200 g/mol. The molecule has 77 heavy (non-hydrogen) atoms. The van der Waals surface area contributed by atoms with Crippen LogP contribution in [0.3, 0.4) is 0 Å². The van der Waals surface area contributed by atoms with Crippen molar-refractivity contribution in [2.24, 2.45) is 0 Å². The molecule has 0 spiro atoms. The Morgan fingerprint density at radius 3 is 1.77 bits per heavy atom. The average Bonchev–Trinajstić information content (AvgIpc) is 1.41. The fourth-order valence-corrected chi connectivity index (χ4v) is 9.15. The van der Waals surface area contributed by atoms with E-state index in [0.717, 1.165) is 0 Å². The molecule has 0 aliphatic carbocycles. The van der Waals surface area contributed by atoms with Gasteiger partial charge >= 0.3 is 0 Å². The number of pyridine rings is 1. The van der Waals surface area contributed by atoms with Crippen molar-refractivity contribution in [1.29, 1.82) is 0 Å². The first-order valence-corrected chi connectivity index (χ1v) is 23.7. The number of nitrogens with zero attached hydrogens (tertiary/aromatic N) is 4. The number of para-hydroxylation sites is 3. The zero-order valence-electron chi connectivity index (χ0n) is 66.8. The van der Waals surface area contributed by atoms with Crippen LogP contribution in [0.25, 0.3) is 106 Å². The molecule has 0 amide bonds. The van der Waals surface area contributed by atoms with E-state index in [2.05, 4.69) is 23.4 Å². The normalized spacial score (nSPS) is 16.5. The van der Waals surface area contributed by atoms with Crippen LogP contribution in [0.4, 0.5) is 0 Å². The molecule has 0 saturated heterocycles. The van der Waals surface area contributed by atoms with Crippen LogP contribution in [-0.4, -0.2) is 14.1 Å². The Morgan fingerprint density at radius 1 is 0.545 bits per heavy atom. The molecule has 3 aromatic heterocycles. The minimum Gasteiger partial charge on any atom is -0.510 e. The third kappa shape index (κ3) is 9.28. The van der Waals surface area contributed by atoms with Gasteiger partial charge in [-0.25, -0.2) is 4.98 Å². The van der Waals surface area contributed by atoms with Gasteiger partial charge in [-0.1, -0.05) is 202 Å². The Labute approximate surface area is 500 Å². The summed E-state index contributed by atoms with van der Waals surface area (Å²) in [5.41, 5.74) is -3.85. The topological polar surface area (TPSA) is 35.9 Å². The van der Waals surface area contributed by atoms with Gasteiger partial charge in [-0.05, 0) is 115 Å². The van der Waals surface area contributed by atoms with E-state index in [0.29, 0.717) is 32.9 Å². The summed E-state index contributed by atoms with van der Waals surface area (Å²) in [6.45, 7) is 2.49. The number of imidazole rings is 1. The maximum absolute atomic E-state index is 10.3. The number of aromatic nitrogens is 4. The summed E-state index contributed by atoms with van der Waals surface area (Å²) in [5, 5.41) is 1.35. The standard InChI is InChI=1S/C71H52N4O.Pt/c1-48-38-69(72-46-64(48)52-28-15-8-16-29-52)75-65-33-18-17-32-60(65)61-37-36-59(45-68(61)75)76-58-31-21-30-57(44-58)73-47-74(67-35-20-19-34-66(67)73)70-62(51-26-13-7-14-27-51)42-56(71(2,3)4)43-63(70)55-40-53(49-22-9-5-10-23-49)39-54(41-55)50-24-11-6-12-25-50;/h5-43,46H,1-4H3;/q-2;/i1D3,5D,6D,7D,8D,9D,10D,11D,12D,13D,14D,15D,16D,22D,23D,24D,25D,26D,27D,28D,29D,39D,40D,41D;. The molecule has 13 aromatic rings. The van der Waals surface area contributed by atoms with Crippen LogP contribution >= 0.6 is 0 Å². The number of benzene rings is 10. The molecule has 0 atom stereocenters. The largest absolute Gasteiger partial charge is 0.510 e. The molecule has 0 aliphatic heterocycles. The Bertz CT molecular complexity index is 5630. The van der Waals surface area contributed by atoms with E-state index < -0.39 is 179 Å². The smallest absolute Gasteiger partial charge is 0.268 e. The zero-order valence-corrected chi connectivity index (χ0v) is 43.1. The third-order valence-electron chi connectivity index (χ3n) is 12.7.